The third kappa shape index (κ3) is 2.02. The summed E-state index contributed by atoms with van der Waals surface area (Å²) in [5, 5.41) is 0. The van der Waals surface area contributed by atoms with E-state index >= 15 is 0 Å². The fourth-order valence-electron chi connectivity index (χ4n) is 2.26. The number of carbonyl (C=O) groups is 1. The van der Waals surface area contributed by atoms with E-state index in [4.69, 9.17) is 10.5 Å². The largest absolute Gasteiger partial charge is 0.397 e. The molecule has 1 aliphatic carbocycles. The molecule has 1 amide bonds. The van der Waals surface area contributed by atoms with Crippen molar-refractivity contribution in [3.05, 3.63) is 18.0 Å². The number of carbonyl (C=O) groups excluding carboxylic acids is 1. The van der Waals surface area contributed by atoms with Crippen LogP contribution in [0.2, 0.25) is 0 Å². The summed E-state index contributed by atoms with van der Waals surface area (Å²) in [5.74, 6) is 0.0805. The summed E-state index contributed by atoms with van der Waals surface area (Å²) >= 11 is 0. The summed E-state index contributed by atoms with van der Waals surface area (Å²) in [5.41, 5.74) is 7.20. The van der Waals surface area contributed by atoms with Gasteiger partial charge in [0.2, 0.25) is 0 Å². The molecule has 0 unspecified atom stereocenters. The molecule has 1 aromatic heterocycles. The molecule has 0 radical (unpaired) electrons. The summed E-state index contributed by atoms with van der Waals surface area (Å²) in [6.07, 6.45) is 4.18. The molecular formula is C12H17N3O2. The van der Waals surface area contributed by atoms with Crippen LogP contribution >= 0.6 is 0 Å². The highest BCUT2D eigenvalue weighted by molar-refractivity contribution is 5.94. The van der Waals surface area contributed by atoms with Gasteiger partial charge in [0.1, 0.15) is 5.69 Å². The van der Waals surface area contributed by atoms with Crippen LogP contribution in [0.5, 0.6) is 0 Å². The smallest absolute Gasteiger partial charge is 0.270 e. The minimum absolute atomic E-state index is 0.0805. The van der Waals surface area contributed by atoms with Crippen molar-refractivity contribution in [3.8, 4) is 0 Å². The molecule has 0 aromatic carbocycles. The minimum atomic E-state index is 0.0805. The molecule has 17 heavy (non-hydrogen) atoms. The Morgan fingerprint density at radius 3 is 2.71 bits per heavy atom. The molecule has 1 saturated carbocycles. The number of aromatic nitrogens is 1. The van der Waals surface area contributed by atoms with Crippen molar-refractivity contribution in [1.82, 2.24) is 9.47 Å². The zero-order valence-corrected chi connectivity index (χ0v) is 9.76. The zero-order valence-electron chi connectivity index (χ0n) is 9.76. The van der Waals surface area contributed by atoms with Gasteiger partial charge in [-0.25, -0.2) is 0 Å². The molecule has 1 saturated heterocycles. The van der Waals surface area contributed by atoms with E-state index in [0.29, 0.717) is 38.0 Å². The zero-order chi connectivity index (χ0) is 11.8. The van der Waals surface area contributed by atoms with E-state index in [1.165, 1.54) is 0 Å². The van der Waals surface area contributed by atoms with Crippen LogP contribution < -0.4 is 5.73 Å². The van der Waals surface area contributed by atoms with Crippen molar-refractivity contribution < 1.29 is 9.53 Å². The quantitative estimate of drug-likeness (QED) is 0.827. The van der Waals surface area contributed by atoms with Crippen LogP contribution in [0.1, 0.15) is 29.4 Å². The minimum Gasteiger partial charge on any atom is -0.397 e. The predicted octanol–water partition coefficient (Wildman–Crippen LogP) is 0.878. The Morgan fingerprint density at radius 1 is 1.35 bits per heavy atom. The molecule has 3 rings (SSSR count). The highest BCUT2D eigenvalue weighted by Crippen LogP contribution is 2.37. The molecule has 0 atom stereocenters. The molecule has 5 nitrogen and oxygen atoms in total. The molecule has 92 valence electrons. The molecule has 0 spiro atoms. The molecule has 2 fully saturated rings. The van der Waals surface area contributed by atoms with Gasteiger partial charge in [-0.3, -0.25) is 4.79 Å². The maximum atomic E-state index is 12.4. The van der Waals surface area contributed by atoms with E-state index in [1.54, 1.807) is 6.07 Å². The lowest BCUT2D eigenvalue weighted by atomic mass is 10.3. The number of morpholine rings is 1. The Morgan fingerprint density at radius 2 is 2.06 bits per heavy atom. The van der Waals surface area contributed by atoms with Crippen LogP contribution in [0.15, 0.2) is 12.3 Å². The molecular weight excluding hydrogens is 218 g/mol. The molecule has 2 heterocycles. The summed E-state index contributed by atoms with van der Waals surface area (Å²) in [6, 6.07) is 2.27. The first-order chi connectivity index (χ1) is 8.25. The number of ether oxygens (including phenoxy) is 1. The van der Waals surface area contributed by atoms with E-state index in [-0.39, 0.29) is 5.91 Å². The van der Waals surface area contributed by atoms with E-state index in [0.717, 1.165) is 18.5 Å². The average Bonchev–Trinajstić information content (AvgIpc) is 3.13. The van der Waals surface area contributed by atoms with Crippen LogP contribution in [-0.4, -0.2) is 41.7 Å². The van der Waals surface area contributed by atoms with E-state index in [2.05, 4.69) is 0 Å². The second-order valence-corrected chi connectivity index (χ2v) is 4.70. The van der Waals surface area contributed by atoms with Crippen LogP contribution in [0, 0.1) is 0 Å². The standard InChI is InChI=1S/C12H17N3O2/c13-9-7-11(15(8-9)10-1-2-10)12(16)14-3-5-17-6-4-14/h7-8,10H,1-6,13H2. The number of anilines is 1. The normalized spacial score (nSPS) is 20.6. The lowest BCUT2D eigenvalue weighted by Crippen LogP contribution is -2.41. The van der Waals surface area contributed by atoms with Gasteiger partial charge in [0.05, 0.1) is 18.9 Å². The van der Waals surface area contributed by atoms with Gasteiger partial charge in [-0.1, -0.05) is 0 Å². The summed E-state index contributed by atoms with van der Waals surface area (Å²) in [6.45, 7) is 2.61. The maximum Gasteiger partial charge on any atom is 0.270 e. The van der Waals surface area contributed by atoms with Gasteiger partial charge >= 0.3 is 0 Å². The van der Waals surface area contributed by atoms with Crippen LogP contribution in [0.3, 0.4) is 0 Å². The Hall–Kier alpha value is -1.49. The van der Waals surface area contributed by atoms with Crippen LogP contribution in [0.4, 0.5) is 5.69 Å². The van der Waals surface area contributed by atoms with Crippen molar-refractivity contribution in [2.24, 2.45) is 0 Å². The van der Waals surface area contributed by atoms with Gasteiger partial charge in [0, 0.05) is 25.3 Å². The van der Waals surface area contributed by atoms with Gasteiger partial charge in [-0.2, -0.15) is 0 Å². The molecule has 1 aliphatic heterocycles. The van der Waals surface area contributed by atoms with Crippen molar-refractivity contribution in [1.29, 1.82) is 0 Å². The lowest BCUT2D eigenvalue weighted by Gasteiger charge is -2.27. The Kier molecular flexibility index (Phi) is 2.55. The maximum absolute atomic E-state index is 12.4. The van der Waals surface area contributed by atoms with Gasteiger partial charge in [0.25, 0.3) is 5.91 Å². The Balaban J connectivity index is 1.84. The number of hydrogen-bond donors (Lipinski definition) is 1. The van der Waals surface area contributed by atoms with Gasteiger partial charge < -0.3 is 19.9 Å². The lowest BCUT2D eigenvalue weighted by molar-refractivity contribution is 0.0296. The first kappa shape index (κ1) is 10.7. The average molecular weight is 235 g/mol. The number of nitrogen functional groups attached to an aromatic ring is 1. The number of nitrogens with zero attached hydrogens (tertiary/aromatic N) is 2. The van der Waals surface area contributed by atoms with Gasteiger partial charge in [-0.15, -0.1) is 0 Å². The third-order valence-corrected chi connectivity index (χ3v) is 3.33. The number of nitrogens with two attached hydrogens (primary N) is 1. The molecule has 2 N–H and O–H groups in total. The van der Waals surface area contributed by atoms with Crippen molar-refractivity contribution >= 4 is 11.6 Å². The SMILES string of the molecule is Nc1cc(C(=O)N2CCOCC2)n(C2CC2)c1. The molecule has 1 aromatic rings. The van der Waals surface area contributed by atoms with E-state index < -0.39 is 0 Å². The van der Waals surface area contributed by atoms with Crippen molar-refractivity contribution in [3.63, 3.8) is 0 Å². The number of hydrogen-bond acceptors (Lipinski definition) is 3. The van der Waals surface area contributed by atoms with Gasteiger partial charge in [0.15, 0.2) is 0 Å². The first-order valence-electron chi connectivity index (χ1n) is 6.10. The molecule has 5 heteroatoms. The number of amides is 1. The summed E-state index contributed by atoms with van der Waals surface area (Å²) in [4.78, 5) is 14.2. The first-order valence-corrected chi connectivity index (χ1v) is 6.10. The number of rotatable bonds is 2. The summed E-state index contributed by atoms with van der Waals surface area (Å²) < 4.78 is 7.29. The van der Waals surface area contributed by atoms with Gasteiger partial charge in [-0.05, 0) is 18.9 Å². The van der Waals surface area contributed by atoms with E-state index in [9.17, 15) is 4.79 Å². The molecule has 2 aliphatic rings. The van der Waals surface area contributed by atoms with Crippen molar-refractivity contribution in [2.45, 2.75) is 18.9 Å². The fourth-order valence-corrected chi connectivity index (χ4v) is 2.26. The topological polar surface area (TPSA) is 60.5 Å². The van der Waals surface area contributed by atoms with E-state index in [1.807, 2.05) is 15.7 Å². The fraction of sp³-hybridized carbons (Fsp3) is 0.583. The Labute approximate surface area is 100 Å². The Bertz CT molecular complexity index is 431. The third-order valence-electron chi connectivity index (χ3n) is 3.33. The highest BCUT2D eigenvalue weighted by Gasteiger charge is 2.29. The summed E-state index contributed by atoms with van der Waals surface area (Å²) in [7, 11) is 0. The second-order valence-electron chi connectivity index (χ2n) is 4.70. The van der Waals surface area contributed by atoms with Crippen LogP contribution in [0.25, 0.3) is 0 Å². The monoisotopic (exact) mass is 235 g/mol. The van der Waals surface area contributed by atoms with Crippen LogP contribution in [-0.2, 0) is 4.74 Å². The second kappa shape index (κ2) is 4.07. The predicted molar refractivity (Wildman–Crippen MR) is 63.8 cm³/mol. The molecule has 0 bridgehead atoms. The van der Waals surface area contributed by atoms with Crippen molar-refractivity contribution in [2.75, 3.05) is 32.0 Å². The highest BCUT2D eigenvalue weighted by atomic mass is 16.5.